The molecule has 2 aliphatic heterocycles. The second-order valence-corrected chi connectivity index (χ2v) is 11.0. The molecule has 1 amide bonds. The highest BCUT2D eigenvalue weighted by molar-refractivity contribution is 8.29. The van der Waals surface area contributed by atoms with Crippen LogP contribution in [0.25, 0.3) is 5.57 Å². The molecule has 0 radical (unpaired) electrons. The number of fused-ring (bicyclic) bond motifs is 1. The van der Waals surface area contributed by atoms with E-state index in [0.29, 0.717) is 9.10 Å². The van der Waals surface area contributed by atoms with Crippen molar-refractivity contribution in [3.63, 3.8) is 0 Å². The summed E-state index contributed by atoms with van der Waals surface area (Å²) in [6, 6.07) is 5.86. The van der Waals surface area contributed by atoms with Crippen LogP contribution in [0.1, 0.15) is 38.8 Å². The lowest BCUT2D eigenvalue weighted by Gasteiger charge is -2.46. The molecule has 0 fully saturated rings. The Morgan fingerprint density at radius 2 is 1.56 bits per heavy atom. The number of amides is 1. The van der Waals surface area contributed by atoms with Crippen LogP contribution >= 0.6 is 35.7 Å². The number of thiocarbonyl (C=S) groups is 1. The van der Waals surface area contributed by atoms with Crippen molar-refractivity contribution >= 4 is 69.7 Å². The van der Waals surface area contributed by atoms with E-state index in [4.69, 9.17) is 21.7 Å². The standard InChI is InChI=1S/C23H25NO5S3/c1-11(2)19(25)24-14-10-12(3)8-9-13(14)15(18(30)23(24,4)5)22-31-16(20(26)28-6)17(32-22)21(27)29-7/h8-11H,1-7H3. The fourth-order valence-electron chi connectivity index (χ4n) is 3.58. The van der Waals surface area contributed by atoms with Crippen LogP contribution in [0.2, 0.25) is 0 Å². The van der Waals surface area contributed by atoms with Crippen LogP contribution in [0.4, 0.5) is 5.69 Å². The Kier molecular flexibility index (Phi) is 6.93. The Bertz CT molecular complexity index is 1070. The van der Waals surface area contributed by atoms with Crippen LogP contribution < -0.4 is 4.90 Å². The molecular weight excluding hydrogens is 466 g/mol. The molecule has 1 aromatic rings. The van der Waals surface area contributed by atoms with E-state index in [1.165, 1.54) is 14.2 Å². The minimum Gasteiger partial charge on any atom is -0.465 e. The number of anilines is 1. The third-order valence-electron chi connectivity index (χ3n) is 5.26. The van der Waals surface area contributed by atoms with E-state index in [1.54, 1.807) is 4.90 Å². The Morgan fingerprint density at radius 3 is 2.03 bits per heavy atom. The van der Waals surface area contributed by atoms with Gasteiger partial charge in [-0.15, -0.1) is 0 Å². The highest BCUT2D eigenvalue weighted by Crippen LogP contribution is 2.56. The average molecular weight is 492 g/mol. The minimum absolute atomic E-state index is 0.0244. The number of ether oxygens (including phenoxy) is 2. The SMILES string of the molecule is COC(=O)C1=C(C(=O)OC)SC(=C2C(=S)C(C)(C)N(C(=O)C(C)C)c3cc(C)ccc32)S1. The summed E-state index contributed by atoms with van der Waals surface area (Å²) in [4.78, 5) is 40.6. The molecule has 0 saturated carbocycles. The summed E-state index contributed by atoms with van der Waals surface area (Å²) in [6.07, 6.45) is 0. The van der Waals surface area contributed by atoms with Crippen LogP contribution in [0.15, 0.2) is 32.2 Å². The normalized spacial score (nSPS) is 17.6. The van der Waals surface area contributed by atoms with Gasteiger partial charge in [0.2, 0.25) is 5.91 Å². The van der Waals surface area contributed by atoms with Gasteiger partial charge in [0, 0.05) is 17.1 Å². The van der Waals surface area contributed by atoms with Crippen molar-refractivity contribution < 1.29 is 23.9 Å². The number of benzene rings is 1. The first kappa shape index (κ1) is 24.5. The van der Waals surface area contributed by atoms with E-state index in [9.17, 15) is 14.4 Å². The Morgan fingerprint density at radius 1 is 1.03 bits per heavy atom. The topological polar surface area (TPSA) is 72.9 Å². The Labute approximate surface area is 201 Å². The zero-order valence-electron chi connectivity index (χ0n) is 19.0. The zero-order valence-corrected chi connectivity index (χ0v) is 21.5. The van der Waals surface area contributed by atoms with Crippen molar-refractivity contribution in [2.24, 2.45) is 5.92 Å². The van der Waals surface area contributed by atoms with Crippen LogP contribution in [-0.4, -0.2) is 42.5 Å². The number of thioether (sulfide) groups is 2. The number of esters is 2. The lowest BCUT2D eigenvalue weighted by atomic mass is 9.82. The van der Waals surface area contributed by atoms with E-state index in [-0.39, 0.29) is 21.6 Å². The Balaban J connectivity index is 2.26. The number of rotatable bonds is 3. The molecule has 3 rings (SSSR count). The molecule has 6 nitrogen and oxygen atoms in total. The van der Waals surface area contributed by atoms with Gasteiger partial charge in [-0.2, -0.15) is 0 Å². The van der Waals surface area contributed by atoms with Gasteiger partial charge in [0.25, 0.3) is 0 Å². The average Bonchev–Trinajstić information content (AvgIpc) is 3.18. The van der Waals surface area contributed by atoms with Crippen LogP contribution in [0.3, 0.4) is 0 Å². The first-order valence-corrected chi connectivity index (χ1v) is 12.0. The van der Waals surface area contributed by atoms with Crippen LogP contribution in [0, 0.1) is 12.8 Å². The van der Waals surface area contributed by atoms with Crippen molar-refractivity contribution in [1.82, 2.24) is 0 Å². The molecule has 2 heterocycles. The molecule has 170 valence electrons. The van der Waals surface area contributed by atoms with Gasteiger partial charge in [-0.3, -0.25) is 4.79 Å². The molecule has 0 saturated heterocycles. The molecule has 32 heavy (non-hydrogen) atoms. The van der Waals surface area contributed by atoms with Gasteiger partial charge in [0.05, 0.1) is 34.5 Å². The van der Waals surface area contributed by atoms with E-state index in [1.807, 2.05) is 52.8 Å². The molecule has 0 bridgehead atoms. The number of hydrogen-bond donors (Lipinski definition) is 0. The maximum Gasteiger partial charge on any atom is 0.346 e. The smallest absolute Gasteiger partial charge is 0.346 e. The predicted molar refractivity (Wildman–Crippen MR) is 133 cm³/mol. The zero-order chi connectivity index (χ0) is 24.0. The largest absolute Gasteiger partial charge is 0.465 e. The number of nitrogens with zero attached hydrogens (tertiary/aromatic N) is 1. The summed E-state index contributed by atoms with van der Waals surface area (Å²) in [5.41, 5.74) is 2.51. The maximum absolute atomic E-state index is 13.2. The molecular formula is C23H25NO5S3. The van der Waals surface area contributed by atoms with Gasteiger partial charge in [-0.05, 0) is 32.4 Å². The van der Waals surface area contributed by atoms with Gasteiger partial charge in [0.15, 0.2) is 0 Å². The number of carbonyl (C=O) groups is 3. The summed E-state index contributed by atoms with van der Waals surface area (Å²) < 4.78 is 10.4. The number of methoxy groups -OCH3 is 2. The maximum atomic E-state index is 13.2. The van der Waals surface area contributed by atoms with E-state index < -0.39 is 17.5 Å². The second-order valence-electron chi connectivity index (χ2n) is 8.25. The van der Waals surface area contributed by atoms with E-state index in [2.05, 4.69) is 0 Å². The molecule has 1 aromatic carbocycles. The van der Waals surface area contributed by atoms with Crippen molar-refractivity contribution in [1.29, 1.82) is 0 Å². The van der Waals surface area contributed by atoms with E-state index >= 15 is 0 Å². The van der Waals surface area contributed by atoms with Gasteiger partial charge < -0.3 is 14.4 Å². The third kappa shape index (κ3) is 4.02. The van der Waals surface area contributed by atoms with E-state index in [0.717, 1.165) is 45.9 Å². The molecule has 2 aliphatic rings. The summed E-state index contributed by atoms with van der Waals surface area (Å²) in [7, 11) is 2.53. The predicted octanol–water partition coefficient (Wildman–Crippen LogP) is 4.85. The van der Waals surface area contributed by atoms with Crippen molar-refractivity contribution in [2.45, 2.75) is 40.2 Å². The fraction of sp³-hybridized carbons (Fsp3) is 0.391. The number of aryl methyl sites for hydroxylation is 1. The molecule has 0 aliphatic carbocycles. The number of carbonyl (C=O) groups excluding carboxylic acids is 3. The van der Waals surface area contributed by atoms with Gasteiger partial charge in [0.1, 0.15) is 9.81 Å². The lowest BCUT2D eigenvalue weighted by Crippen LogP contribution is -2.57. The number of hydrogen-bond acceptors (Lipinski definition) is 8. The van der Waals surface area contributed by atoms with Gasteiger partial charge in [-0.1, -0.05) is 61.7 Å². The fourth-order valence-corrected chi connectivity index (χ4v) is 6.61. The highest BCUT2D eigenvalue weighted by atomic mass is 32.2. The summed E-state index contributed by atoms with van der Waals surface area (Å²) >= 11 is 8.22. The molecule has 0 atom stereocenters. The molecule has 0 spiro atoms. The Hall–Kier alpha value is -2.10. The lowest BCUT2D eigenvalue weighted by molar-refractivity contribution is -0.138. The highest BCUT2D eigenvalue weighted by Gasteiger charge is 2.46. The van der Waals surface area contributed by atoms with Gasteiger partial charge in [-0.25, -0.2) is 9.59 Å². The summed E-state index contributed by atoms with van der Waals surface area (Å²) in [5, 5.41) is 0. The van der Waals surface area contributed by atoms with Crippen molar-refractivity contribution in [3.8, 4) is 0 Å². The second kappa shape index (κ2) is 9.03. The van der Waals surface area contributed by atoms with Crippen LogP contribution in [0.5, 0.6) is 0 Å². The van der Waals surface area contributed by atoms with Crippen LogP contribution in [-0.2, 0) is 23.9 Å². The first-order chi connectivity index (χ1) is 14.9. The molecule has 9 heteroatoms. The third-order valence-corrected chi connectivity index (χ3v) is 8.52. The van der Waals surface area contributed by atoms with Gasteiger partial charge >= 0.3 is 11.9 Å². The van der Waals surface area contributed by atoms with Crippen molar-refractivity contribution in [2.75, 3.05) is 19.1 Å². The quantitative estimate of drug-likeness (QED) is 0.337. The molecule has 0 N–H and O–H groups in total. The van der Waals surface area contributed by atoms with Crippen molar-refractivity contribution in [3.05, 3.63) is 43.4 Å². The summed E-state index contributed by atoms with van der Waals surface area (Å²) in [5.74, 6) is -1.46. The molecule has 0 unspecified atom stereocenters. The minimum atomic E-state index is -0.791. The monoisotopic (exact) mass is 491 g/mol. The first-order valence-electron chi connectivity index (χ1n) is 9.96. The molecule has 0 aromatic heterocycles. The summed E-state index contributed by atoms with van der Waals surface area (Å²) in [6.45, 7) is 9.53.